The number of hydrogen-bond donors (Lipinski definition) is 3. The molecule has 0 saturated carbocycles. The number of amides is 1. The van der Waals surface area contributed by atoms with Gasteiger partial charge in [0.05, 0.1) is 12.2 Å². The summed E-state index contributed by atoms with van der Waals surface area (Å²) in [4.78, 5) is 11.9. The van der Waals surface area contributed by atoms with Gasteiger partial charge in [-0.05, 0) is 14.0 Å². The van der Waals surface area contributed by atoms with Crippen LogP contribution in [0.25, 0.3) is 0 Å². The maximum absolute atomic E-state index is 11.9. The van der Waals surface area contributed by atoms with Crippen molar-refractivity contribution in [2.75, 3.05) is 40.4 Å². The second-order valence-corrected chi connectivity index (χ2v) is 6.06. The van der Waals surface area contributed by atoms with Crippen molar-refractivity contribution in [2.24, 2.45) is 0 Å². The summed E-state index contributed by atoms with van der Waals surface area (Å²) in [6.45, 7) is 3.84. The number of nitrogens with one attached hydrogen (secondary N) is 3. The molecule has 1 aromatic rings. The summed E-state index contributed by atoms with van der Waals surface area (Å²) in [6, 6.07) is 1.22. The molecule has 3 N–H and O–H groups in total. The first kappa shape index (κ1) is 17.6. The topological polar surface area (TPSA) is 110 Å². The average Bonchev–Trinajstić information content (AvgIpc) is 2.85. The van der Waals surface area contributed by atoms with E-state index in [0.717, 1.165) is 0 Å². The van der Waals surface area contributed by atoms with Crippen LogP contribution in [0.5, 0.6) is 0 Å². The Morgan fingerprint density at radius 2 is 2.05 bits per heavy atom. The predicted molar refractivity (Wildman–Crippen MR) is 76.8 cm³/mol. The molecule has 0 aliphatic rings. The predicted octanol–water partition coefficient (Wildman–Crippen LogP) is -0.538. The molecule has 120 valence electrons. The molecule has 0 fully saturated rings. The highest BCUT2D eigenvalue weighted by Crippen LogP contribution is 2.18. The van der Waals surface area contributed by atoms with Gasteiger partial charge in [-0.15, -0.1) is 0 Å². The van der Waals surface area contributed by atoms with Crippen molar-refractivity contribution in [3.05, 3.63) is 17.4 Å². The molecular formula is C12H21N3O5S. The van der Waals surface area contributed by atoms with E-state index in [-0.39, 0.29) is 22.3 Å². The Morgan fingerprint density at radius 1 is 1.33 bits per heavy atom. The first-order valence-corrected chi connectivity index (χ1v) is 7.92. The van der Waals surface area contributed by atoms with Crippen LogP contribution in [0, 0.1) is 6.92 Å². The van der Waals surface area contributed by atoms with Gasteiger partial charge in [0, 0.05) is 32.8 Å². The van der Waals surface area contributed by atoms with Crippen LogP contribution in [0.2, 0.25) is 0 Å². The van der Waals surface area contributed by atoms with E-state index in [2.05, 4.69) is 15.4 Å². The van der Waals surface area contributed by atoms with E-state index in [1.807, 2.05) is 0 Å². The number of furan rings is 1. The first-order valence-electron chi connectivity index (χ1n) is 6.44. The molecular weight excluding hydrogens is 298 g/mol. The molecule has 1 amide bonds. The number of methoxy groups -OCH3 is 1. The minimum absolute atomic E-state index is 0.209. The van der Waals surface area contributed by atoms with E-state index in [4.69, 9.17) is 9.15 Å². The van der Waals surface area contributed by atoms with Crippen LogP contribution in [0.1, 0.15) is 16.1 Å². The van der Waals surface area contributed by atoms with E-state index < -0.39 is 10.0 Å². The van der Waals surface area contributed by atoms with Crippen LogP contribution >= 0.6 is 0 Å². The van der Waals surface area contributed by atoms with Crippen molar-refractivity contribution in [1.29, 1.82) is 0 Å². The van der Waals surface area contributed by atoms with Crippen molar-refractivity contribution in [3.63, 3.8) is 0 Å². The Morgan fingerprint density at radius 3 is 2.67 bits per heavy atom. The van der Waals surface area contributed by atoms with Gasteiger partial charge in [0.15, 0.2) is 0 Å². The molecule has 1 rings (SSSR count). The van der Waals surface area contributed by atoms with E-state index in [0.29, 0.717) is 26.2 Å². The van der Waals surface area contributed by atoms with Gasteiger partial charge in [-0.25, -0.2) is 13.1 Å². The van der Waals surface area contributed by atoms with Gasteiger partial charge in [-0.2, -0.15) is 0 Å². The number of carbonyl (C=O) groups excluding carboxylic acids is 1. The summed E-state index contributed by atoms with van der Waals surface area (Å²) >= 11 is 0. The van der Waals surface area contributed by atoms with Gasteiger partial charge in [0.1, 0.15) is 5.76 Å². The highest BCUT2D eigenvalue weighted by Gasteiger charge is 2.22. The number of hydrogen-bond acceptors (Lipinski definition) is 6. The second kappa shape index (κ2) is 8.13. The normalized spacial score (nSPS) is 11.6. The minimum atomic E-state index is -3.69. The van der Waals surface area contributed by atoms with Crippen molar-refractivity contribution >= 4 is 15.9 Å². The van der Waals surface area contributed by atoms with Crippen molar-refractivity contribution in [2.45, 2.75) is 12.0 Å². The molecule has 1 aromatic heterocycles. The van der Waals surface area contributed by atoms with E-state index in [1.165, 1.54) is 13.1 Å². The lowest BCUT2D eigenvalue weighted by atomic mass is 10.2. The van der Waals surface area contributed by atoms with E-state index in [1.54, 1.807) is 14.0 Å². The molecule has 21 heavy (non-hydrogen) atoms. The summed E-state index contributed by atoms with van der Waals surface area (Å²) in [5, 5.41) is 5.49. The summed E-state index contributed by atoms with van der Waals surface area (Å²) in [7, 11) is -0.802. The third-order valence-electron chi connectivity index (χ3n) is 2.74. The monoisotopic (exact) mass is 319 g/mol. The Balaban J connectivity index is 2.55. The summed E-state index contributed by atoms with van der Waals surface area (Å²) in [5.74, 6) is -0.115. The van der Waals surface area contributed by atoms with Crippen LogP contribution < -0.4 is 15.4 Å². The lowest BCUT2D eigenvalue weighted by Gasteiger charge is -2.05. The Hall–Kier alpha value is -1.42. The van der Waals surface area contributed by atoms with Gasteiger partial charge < -0.3 is 19.8 Å². The number of sulfonamides is 1. The summed E-state index contributed by atoms with van der Waals surface area (Å²) in [5.41, 5.74) is 0.209. The Labute approximate surface area is 124 Å². The number of carbonyl (C=O) groups is 1. The van der Waals surface area contributed by atoms with Crippen LogP contribution in [0.4, 0.5) is 0 Å². The summed E-state index contributed by atoms with van der Waals surface area (Å²) in [6.07, 6.45) is 0. The SMILES string of the molecule is CNS(=O)(=O)c1cc(C(=O)NCCNCCOC)c(C)o1. The number of aryl methyl sites for hydroxylation is 1. The van der Waals surface area contributed by atoms with Gasteiger partial charge >= 0.3 is 0 Å². The van der Waals surface area contributed by atoms with Gasteiger partial charge in [-0.1, -0.05) is 0 Å². The van der Waals surface area contributed by atoms with Crippen LogP contribution in [0.15, 0.2) is 15.6 Å². The molecule has 0 bridgehead atoms. The highest BCUT2D eigenvalue weighted by molar-refractivity contribution is 7.89. The van der Waals surface area contributed by atoms with Gasteiger partial charge in [0.25, 0.3) is 15.9 Å². The largest absolute Gasteiger partial charge is 0.448 e. The third kappa shape index (κ3) is 5.12. The van der Waals surface area contributed by atoms with Crippen LogP contribution in [-0.2, 0) is 14.8 Å². The molecule has 9 heteroatoms. The van der Waals surface area contributed by atoms with E-state index >= 15 is 0 Å². The zero-order valence-corrected chi connectivity index (χ0v) is 13.2. The van der Waals surface area contributed by atoms with Gasteiger partial charge in [-0.3, -0.25) is 4.79 Å². The molecule has 0 radical (unpaired) electrons. The van der Waals surface area contributed by atoms with Crippen LogP contribution in [-0.4, -0.2) is 54.7 Å². The maximum atomic E-state index is 11.9. The maximum Gasteiger partial charge on any atom is 0.273 e. The first-order chi connectivity index (χ1) is 9.92. The third-order valence-corrected chi connectivity index (χ3v) is 4.01. The standard InChI is InChI=1S/C12H21N3O5S/c1-9-10(8-11(20-9)21(17,18)13-2)12(16)15-5-4-14-6-7-19-3/h8,13-14H,4-7H2,1-3H3,(H,15,16). The number of rotatable bonds is 9. The average molecular weight is 319 g/mol. The quantitative estimate of drug-likeness (QED) is 0.528. The molecule has 0 aromatic carbocycles. The Bertz CT molecular complexity index is 567. The molecule has 0 spiro atoms. The van der Waals surface area contributed by atoms with Crippen molar-refractivity contribution in [3.8, 4) is 0 Å². The second-order valence-electron chi connectivity index (χ2n) is 4.24. The fraction of sp³-hybridized carbons (Fsp3) is 0.583. The van der Waals surface area contributed by atoms with Crippen LogP contribution in [0.3, 0.4) is 0 Å². The fourth-order valence-electron chi connectivity index (χ4n) is 1.57. The lowest BCUT2D eigenvalue weighted by Crippen LogP contribution is -2.33. The molecule has 8 nitrogen and oxygen atoms in total. The fourth-order valence-corrected chi connectivity index (χ4v) is 2.28. The van der Waals surface area contributed by atoms with Crippen molar-refractivity contribution < 1.29 is 22.4 Å². The lowest BCUT2D eigenvalue weighted by molar-refractivity contribution is 0.0952. The van der Waals surface area contributed by atoms with E-state index in [9.17, 15) is 13.2 Å². The molecule has 0 aliphatic carbocycles. The zero-order chi connectivity index (χ0) is 15.9. The molecule has 1 heterocycles. The number of ether oxygens (including phenoxy) is 1. The Kier molecular flexibility index (Phi) is 6.82. The highest BCUT2D eigenvalue weighted by atomic mass is 32.2. The molecule has 0 aliphatic heterocycles. The zero-order valence-electron chi connectivity index (χ0n) is 12.4. The summed E-state index contributed by atoms with van der Waals surface area (Å²) < 4.78 is 35.3. The molecule has 0 saturated heterocycles. The smallest absolute Gasteiger partial charge is 0.273 e. The van der Waals surface area contributed by atoms with Gasteiger partial charge in [0.2, 0.25) is 5.09 Å². The van der Waals surface area contributed by atoms with Crippen molar-refractivity contribution in [1.82, 2.24) is 15.4 Å². The molecule has 0 unspecified atom stereocenters. The molecule has 0 atom stereocenters. The minimum Gasteiger partial charge on any atom is -0.448 e.